The highest BCUT2D eigenvalue weighted by Crippen LogP contribution is 2.24. The number of carbonyl (C=O) groups excluding carboxylic acids is 3. The van der Waals surface area contributed by atoms with Crippen LogP contribution in [0.15, 0.2) is 91.8 Å². The fourth-order valence-electron chi connectivity index (χ4n) is 6.27. The average molecular weight is 758 g/mol. The molecule has 5 aromatic rings. The van der Waals surface area contributed by atoms with Crippen LogP contribution in [-0.4, -0.2) is 54.6 Å². The second-order valence-corrected chi connectivity index (χ2v) is 13.2. The second kappa shape index (κ2) is 20.8. The van der Waals surface area contributed by atoms with E-state index >= 15 is 0 Å². The molecule has 2 aliphatic carbocycles. The Morgan fingerprint density at radius 2 is 1.02 bits per heavy atom. The summed E-state index contributed by atoms with van der Waals surface area (Å²) in [6.07, 6.45) is 15.7. The van der Waals surface area contributed by atoms with E-state index in [2.05, 4.69) is 20.3 Å². The van der Waals surface area contributed by atoms with Gasteiger partial charge in [-0.3, -0.25) is 29.3 Å². The maximum Gasteiger partial charge on any atom is 0.336 e. The monoisotopic (exact) mass is 757 g/mol. The molecular formula is C44H47N5O7. The zero-order valence-electron chi connectivity index (χ0n) is 31.9. The van der Waals surface area contributed by atoms with Crippen molar-refractivity contribution in [2.75, 3.05) is 11.1 Å². The summed E-state index contributed by atoms with van der Waals surface area (Å²) in [5.74, 6) is -1.26. The van der Waals surface area contributed by atoms with Crippen molar-refractivity contribution >= 4 is 40.8 Å². The third kappa shape index (κ3) is 12.0. The normalized spacial score (nSPS) is 12.5. The van der Waals surface area contributed by atoms with Gasteiger partial charge >= 0.3 is 11.9 Å². The number of nitrogen functional groups attached to an aromatic ring is 1. The topological polar surface area (TPSA) is 203 Å². The summed E-state index contributed by atoms with van der Waals surface area (Å²) in [6.45, 7) is 5.82. The van der Waals surface area contributed by atoms with Gasteiger partial charge < -0.3 is 21.3 Å². The molecule has 0 radical (unpaired) electrons. The fraction of sp³-hybridized carbons (Fsp3) is 0.273. The number of aryl methyl sites for hydroxylation is 5. The number of nitrogens with two attached hydrogens (primary N) is 1. The first-order valence-corrected chi connectivity index (χ1v) is 18.5. The largest absolute Gasteiger partial charge is 0.478 e. The summed E-state index contributed by atoms with van der Waals surface area (Å²) in [7, 11) is 0. The van der Waals surface area contributed by atoms with E-state index in [0.717, 1.165) is 64.0 Å². The quantitative estimate of drug-likeness (QED) is 0.125. The molecule has 0 unspecified atom stereocenters. The van der Waals surface area contributed by atoms with Gasteiger partial charge in [-0.2, -0.15) is 0 Å². The molecule has 5 N–H and O–H groups in total. The van der Waals surface area contributed by atoms with Crippen molar-refractivity contribution in [3.05, 3.63) is 147 Å². The van der Waals surface area contributed by atoms with Gasteiger partial charge in [0, 0.05) is 79.8 Å². The highest BCUT2D eigenvalue weighted by Gasteiger charge is 2.17. The minimum absolute atomic E-state index is 0.119. The SMILES string of the molecule is CCc1cnccc1C(=O)Nc1ccc2c(c1)CCC(=O)C2.CCc1cnccc1C(=O)O.CCc1cnccc1C(=O)O.Nc1ccc2c(c1)CCC(=O)C2. The van der Waals surface area contributed by atoms with Gasteiger partial charge in [0.05, 0.1) is 11.1 Å². The third-order valence-electron chi connectivity index (χ3n) is 9.37. The number of hydrogen-bond donors (Lipinski definition) is 4. The Hall–Kier alpha value is -6.56. The summed E-state index contributed by atoms with van der Waals surface area (Å²) in [5, 5.41) is 20.3. The van der Waals surface area contributed by atoms with Crippen LogP contribution in [-0.2, 0) is 54.5 Å². The highest BCUT2D eigenvalue weighted by molar-refractivity contribution is 6.05. The number of amides is 1. The Bertz CT molecular complexity index is 2140. The molecule has 0 saturated carbocycles. The van der Waals surface area contributed by atoms with Crippen molar-refractivity contribution in [2.24, 2.45) is 0 Å². The summed E-state index contributed by atoms with van der Waals surface area (Å²) >= 11 is 0. The molecule has 2 aliphatic rings. The Morgan fingerprint density at radius 1 is 0.589 bits per heavy atom. The maximum atomic E-state index is 12.4. The number of carboxylic acids is 2. The van der Waals surface area contributed by atoms with E-state index in [1.165, 1.54) is 30.1 Å². The van der Waals surface area contributed by atoms with Gasteiger partial charge in [-0.05, 0) is 114 Å². The summed E-state index contributed by atoms with van der Waals surface area (Å²) in [6, 6.07) is 16.3. The van der Waals surface area contributed by atoms with Crippen LogP contribution in [0.4, 0.5) is 11.4 Å². The standard InChI is InChI=1S/C18H18N2O2.C10H11NO.2C8H9NO2/c1-2-12-11-19-8-7-17(12)18(22)20-15-5-3-14-10-16(21)6-4-13(14)9-15;11-9-3-1-8-6-10(12)4-2-7(8)5-9;2*1-2-6-5-9-4-3-7(6)8(10)11/h3,5,7-9,11H,2,4,6,10H2,1H3,(H,20,22);1,3,5H,2,4,6,11H2;2*3-5H,2H2,1H3,(H,10,11). The van der Waals surface area contributed by atoms with E-state index in [-0.39, 0.29) is 11.7 Å². The van der Waals surface area contributed by atoms with Crippen LogP contribution < -0.4 is 11.1 Å². The van der Waals surface area contributed by atoms with Gasteiger partial charge in [-0.1, -0.05) is 32.9 Å². The second-order valence-electron chi connectivity index (χ2n) is 13.2. The maximum absolute atomic E-state index is 12.4. The number of nitrogens with one attached hydrogen (secondary N) is 1. The van der Waals surface area contributed by atoms with Crippen molar-refractivity contribution in [3.63, 3.8) is 0 Å². The van der Waals surface area contributed by atoms with Crippen LogP contribution in [0.5, 0.6) is 0 Å². The van der Waals surface area contributed by atoms with E-state index in [9.17, 15) is 24.0 Å². The minimum Gasteiger partial charge on any atom is -0.478 e. The van der Waals surface area contributed by atoms with Crippen molar-refractivity contribution in [1.29, 1.82) is 0 Å². The van der Waals surface area contributed by atoms with Crippen LogP contribution in [0.3, 0.4) is 0 Å². The minimum atomic E-state index is -0.885. The van der Waals surface area contributed by atoms with E-state index < -0.39 is 11.9 Å². The number of carbonyl (C=O) groups is 5. The molecule has 0 fully saturated rings. The molecule has 0 aliphatic heterocycles. The Morgan fingerprint density at radius 3 is 1.46 bits per heavy atom. The lowest BCUT2D eigenvalue weighted by Crippen LogP contribution is -2.16. The first-order valence-electron chi connectivity index (χ1n) is 18.5. The molecule has 3 heterocycles. The van der Waals surface area contributed by atoms with Gasteiger partial charge in [0.2, 0.25) is 0 Å². The van der Waals surface area contributed by atoms with Crippen LogP contribution in [0.2, 0.25) is 0 Å². The predicted molar refractivity (Wildman–Crippen MR) is 214 cm³/mol. The Labute approximate surface area is 326 Å². The van der Waals surface area contributed by atoms with E-state index in [4.69, 9.17) is 15.9 Å². The third-order valence-corrected chi connectivity index (χ3v) is 9.37. The number of pyridine rings is 3. The van der Waals surface area contributed by atoms with E-state index in [1.807, 2.05) is 57.2 Å². The number of nitrogens with zero attached hydrogens (tertiary/aromatic N) is 3. The van der Waals surface area contributed by atoms with Gasteiger partial charge in [0.1, 0.15) is 11.6 Å². The van der Waals surface area contributed by atoms with Gasteiger partial charge in [0.15, 0.2) is 0 Å². The number of hydrogen-bond acceptors (Lipinski definition) is 9. The molecule has 3 aromatic heterocycles. The first-order chi connectivity index (χ1) is 26.9. The van der Waals surface area contributed by atoms with Gasteiger partial charge in [0.25, 0.3) is 5.91 Å². The van der Waals surface area contributed by atoms with Crippen LogP contribution in [0, 0.1) is 0 Å². The van der Waals surface area contributed by atoms with Crippen molar-refractivity contribution in [3.8, 4) is 0 Å². The molecule has 56 heavy (non-hydrogen) atoms. The lowest BCUT2D eigenvalue weighted by atomic mass is 9.90. The predicted octanol–water partition coefficient (Wildman–Crippen LogP) is 6.97. The number of aromatic carboxylic acids is 2. The molecule has 12 heteroatoms. The smallest absolute Gasteiger partial charge is 0.336 e. The molecule has 0 atom stereocenters. The molecule has 1 amide bonds. The molecule has 290 valence electrons. The number of ketones is 2. The van der Waals surface area contributed by atoms with Crippen LogP contribution >= 0.6 is 0 Å². The highest BCUT2D eigenvalue weighted by atomic mass is 16.4. The van der Waals surface area contributed by atoms with E-state index in [1.54, 1.807) is 30.9 Å². The van der Waals surface area contributed by atoms with Crippen molar-refractivity contribution in [2.45, 2.75) is 78.6 Å². The lowest BCUT2D eigenvalue weighted by Gasteiger charge is -2.16. The molecule has 12 nitrogen and oxygen atoms in total. The number of carboxylic acid groups (broad SMARTS) is 2. The van der Waals surface area contributed by atoms with Gasteiger partial charge in [-0.15, -0.1) is 0 Å². The van der Waals surface area contributed by atoms with E-state index in [0.29, 0.717) is 61.0 Å². The van der Waals surface area contributed by atoms with Crippen molar-refractivity contribution in [1.82, 2.24) is 15.0 Å². The Balaban J connectivity index is 0.000000176. The number of Topliss-reactive ketones (excluding diaryl/α,β-unsaturated/α-hetero) is 2. The molecule has 2 aromatic carbocycles. The zero-order valence-corrected chi connectivity index (χ0v) is 31.9. The van der Waals surface area contributed by atoms with Crippen LogP contribution in [0.1, 0.15) is 104 Å². The average Bonchev–Trinajstić information content (AvgIpc) is 3.21. The number of anilines is 2. The molecule has 7 rings (SSSR count). The van der Waals surface area contributed by atoms with Gasteiger partial charge in [-0.25, -0.2) is 9.59 Å². The van der Waals surface area contributed by atoms with Crippen molar-refractivity contribution < 1.29 is 34.2 Å². The molecule has 0 spiro atoms. The van der Waals surface area contributed by atoms with Crippen LogP contribution in [0.25, 0.3) is 0 Å². The first kappa shape index (κ1) is 42.2. The Kier molecular flexibility index (Phi) is 15.6. The summed E-state index contributed by atoms with van der Waals surface area (Å²) in [5.41, 5.74) is 15.7. The summed E-state index contributed by atoms with van der Waals surface area (Å²) in [4.78, 5) is 67.8. The number of fused-ring (bicyclic) bond motifs is 2. The number of aromatic nitrogens is 3. The number of rotatable bonds is 7. The zero-order chi connectivity index (χ0) is 40.6. The number of benzene rings is 2. The molecular weight excluding hydrogens is 711 g/mol. The fourth-order valence-corrected chi connectivity index (χ4v) is 6.27. The molecule has 0 bridgehead atoms. The molecule has 0 saturated heterocycles. The lowest BCUT2D eigenvalue weighted by molar-refractivity contribution is -0.119. The summed E-state index contributed by atoms with van der Waals surface area (Å²) < 4.78 is 0.